The van der Waals surface area contributed by atoms with Crippen molar-refractivity contribution in [3.63, 3.8) is 0 Å². The molecule has 2 heterocycles. The maximum Gasteiger partial charge on any atom is 0.138 e. The van der Waals surface area contributed by atoms with Gasteiger partial charge in [-0.1, -0.05) is 54.9 Å². The molecule has 4 rings (SSSR count). The Kier molecular flexibility index (Phi) is 5.79. The van der Waals surface area contributed by atoms with E-state index >= 15 is 0 Å². The van der Waals surface area contributed by atoms with Gasteiger partial charge in [0.2, 0.25) is 0 Å². The lowest BCUT2D eigenvalue weighted by molar-refractivity contribution is 0.308. The van der Waals surface area contributed by atoms with Crippen molar-refractivity contribution in [3.05, 3.63) is 88.0 Å². The van der Waals surface area contributed by atoms with Gasteiger partial charge >= 0.3 is 0 Å². The molecule has 142 valence electrons. The molecular formula is C23H21ClN2OS. The average Bonchev–Trinajstić information content (AvgIpc) is 3.17. The molecule has 0 saturated heterocycles. The third-order valence-electron chi connectivity index (χ3n) is 4.65. The highest BCUT2D eigenvalue weighted by molar-refractivity contribution is 7.17. The number of nitrogens with zero attached hydrogens (tertiary/aromatic N) is 1. The van der Waals surface area contributed by atoms with Crippen molar-refractivity contribution in [3.8, 4) is 5.75 Å². The van der Waals surface area contributed by atoms with Gasteiger partial charge in [0.15, 0.2) is 0 Å². The van der Waals surface area contributed by atoms with E-state index in [2.05, 4.69) is 34.7 Å². The summed E-state index contributed by atoms with van der Waals surface area (Å²) in [6.07, 6.45) is 2.81. The van der Waals surface area contributed by atoms with Crippen molar-refractivity contribution in [1.82, 2.24) is 4.98 Å². The summed E-state index contributed by atoms with van der Waals surface area (Å²) in [6.45, 7) is 3.38. The van der Waals surface area contributed by atoms with Crippen molar-refractivity contribution >= 4 is 38.7 Å². The summed E-state index contributed by atoms with van der Waals surface area (Å²) in [5, 5.41) is 7.12. The molecule has 0 aliphatic rings. The topological polar surface area (TPSA) is 34.1 Å². The molecular weight excluding hydrogens is 388 g/mol. The lowest BCUT2D eigenvalue weighted by Crippen LogP contribution is -2.00. The van der Waals surface area contributed by atoms with Crippen LogP contribution in [0.25, 0.3) is 10.1 Å². The van der Waals surface area contributed by atoms with Gasteiger partial charge in [-0.05, 0) is 35.1 Å². The number of anilines is 1. The van der Waals surface area contributed by atoms with Crippen LogP contribution in [0.15, 0.2) is 66.2 Å². The fraction of sp³-hybridized carbons (Fsp3) is 0.174. The predicted molar refractivity (Wildman–Crippen MR) is 119 cm³/mol. The fourth-order valence-corrected chi connectivity index (χ4v) is 4.59. The highest BCUT2D eigenvalue weighted by atomic mass is 35.5. The standard InChI is InChI=1S/C23H21ClN2OS/c1-2-17-13-26-23(24)21-18(15-28-22(17)21)14-27-20-10-6-9-19(11-20)25-12-16-7-4-3-5-8-16/h3-11,13,15,25H,2,12,14H2,1H3. The van der Waals surface area contributed by atoms with Gasteiger partial charge in [0.1, 0.15) is 17.5 Å². The Bertz CT molecular complexity index is 1080. The Balaban J connectivity index is 1.46. The molecule has 0 aliphatic heterocycles. The Morgan fingerprint density at radius 3 is 2.75 bits per heavy atom. The normalized spacial score (nSPS) is 10.9. The second-order valence-electron chi connectivity index (χ2n) is 6.55. The zero-order chi connectivity index (χ0) is 19.3. The first-order valence-electron chi connectivity index (χ1n) is 9.28. The van der Waals surface area contributed by atoms with Crippen molar-refractivity contribution in [1.29, 1.82) is 0 Å². The molecule has 3 nitrogen and oxygen atoms in total. The number of aromatic nitrogens is 1. The van der Waals surface area contributed by atoms with Crippen LogP contribution in [0, 0.1) is 0 Å². The summed E-state index contributed by atoms with van der Waals surface area (Å²) in [4.78, 5) is 4.34. The van der Waals surface area contributed by atoms with Crippen LogP contribution in [-0.4, -0.2) is 4.98 Å². The molecule has 28 heavy (non-hydrogen) atoms. The third kappa shape index (κ3) is 4.13. The number of halogens is 1. The van der Waals surface area contributed by atoms with E-state index in [9.17, 15) is 0 Å². The monoisotopic (exact) mass is 408 g/mol. The highest BCUT2D eigenvalue weighted by Crippen LogP contribution is 2.34. The van der Waals surface area contributed by atoms with Gasteiger partial charge in [-0.3, -0.25) is 0 Å². The van der Waals surface area contributed by atoms with E-state index in [4.69, 9.17) is 16.3 Å². The predicted octanol–water partition coefficient (Wildman–Crippen LogP) is 6.70. The Hall–Kier alpha value is -2.56. The smallest absolute Gasteiger partial charge is 0.138 e. The first kappa shape index (κ1) is 18.8. The van der Waals surface area contributed by atoms with Crippen molar-refractivity contribution in [2.45, 2.75) is 26.5 Å². The van der Waals surface area contributed by atoms with E-state index in [1.54, 1.807) is 11.3 Å². The summed E-state index contributed by atoms with van der Waals surface area (Å²) >= 11 is 8.08. The molecule has 0 atom stereocenters. The first-order chi connectivity index (χ1) is 13.7. The first-order valence-corrected chi connectivity index (χ1v) is 10.5. The van der Waals surface area contributed by atoms with Gasteiger partial charge in [0.05, 0.1) is 0 Å². The minimum atomic E-state index is 0.469. The number of aryl methyl sites for hydroxylation is 1. The fourth-order valence-electron chi connectivity index (χ4n) is 3.13. The molecule has 0 fully saturated rings. The molecule has 0 saturated carbocycles. The lowest BCUT2D eigenvalue weighted by Gasteiger charge is -2.10. The summed E-state index contributed by atoms with van der Waals surface area (Å²) < 4.78 is 7.27. The zero-order valence-electron chi connectivity index (χ0n) is 15.6. The van der Waals surface area contributed by atoms with E-state index < -0.39 is 0 Å². The van der Waals surface area contributed by atoms with E-state index in [1.807, 2.05) is 48.7 Å². The number of thiophene rings is 1. The van der Waals surface area contributed by atoms with Crippen molar-refractivity contribution < 1.29 is 4.74 Å². The number of ether oxygens (including phenoxy) is 1. The highest BCUT2D eigenvalue weighted by Gasteiger charge is 2.13. The molecule has 5 heteroatoms. The van der Waals surface area contributed by atoms with E-state index in [1.165, 1.54) is 15.8 Å². The Morgan fingerprint density at radius 1 is 1.07 bits per heavy atom. The Morgan fingerprint density at radius 2 is 1.93 bits per heavy atom. The SMILES string of the molecule is CCc1cnc(Cl)c2c(COc3cccc(NCc4ccccc4)c3)csc12. The van der Waals surface area contributed by atoms with Crippen LogP contribution in [-0.2, 0) is 19.6 Å². The summed E-state index contributed by atoms with van der Waals surface area (Å²) in [5.41, 5.74) is 4.58. The van der Waals surface area contributed by atoms with Crippen LogP contribution < -0.4 is 10.1 Å². The molecule has 4 aromatic rings. The molecule has 0 bridgehead atoms. The molecule has 0 unspecified atom stereocenters. The Labute approximate surface area is 174 Å². The van der Waals surface area contributed by atoms with E-state index in [0.29, 0.717) is 11.8 Å². The average molecular weight is 409 g/mol. The van der Waals surface area contributed by atoms with Gasteiger partial charge in [-0.15, -0.1) is 11.3 Å². The number of pyridine rings is 1. The number of fused-ring (bicyclic) bond motifs is 1. The second kappa shape index (κ2) is 8.63. The van der Waals surface area contributed by atoms with E-state index in [-0.39, 0.29) is 0 Å². The van der Waals surface area contributed by atoms with Crippen LogP contribution in [0.2, 0.25) is 5.15 Å². The number of benzene rings is 2. The maximum absolute atomic E-state index is 6.37. The molecule has 2 aromatic heterocycles. The van der Waals surface area contributed by atoms with Crippen LogP contribution >= 0.6 is 22.9 Å². The van der Waals surface area contributed by atoms with Crippen LogP contribution in [0.1, 0.15) is 23.6 Å². The van der Waals surface area contributed by atoms with Gasteiger partial charge in [-0.2, -0.15) is 0 Å². The van der Waals surface area contributed by atoms with Gasteiger partial charge in [0, 0.05) is 40.1 Å². The van der Waals surface area contributed by atoms with Gasteiger partial charge < -0.3 is 10.1 Å². The van der Waals surface area contributed by atoms with Crippen molar-refractivity contribution in [2.24, 2.45) is 0 Å². The maximum atomic E-state index is 6.37. The molecule has 0 aliphatic carbocycles. The number of hydrogen-bond donors (Lipinski definition) is 1. The van der Waals surface area contributed by atoms with Gasteiger partial charge in [0.25, 0.3) is 0 Å². The molecule has 0 radical (unpaired) electrons. The number of nitrogens with one attached hydrogen (secondary N) is 1. The summed E-state index contributed by atoms with van der Waals surface area (Å²) in [6, 6.07) is 18.4. The number of rotatable bonds is 7. The molecule has 0 amide bonds. The zero-order valence-corrected chi connectivity index (χ0v) is 17.2. The quantitative estimate of drug-likeness (QED) is 0.345. The summed E-state index contributed by atoms with van der Waals surface area (Å²) in [7, 11) is 0. The summed E-state index contributed by atoms with van der Waals surface area (Å²) in [5.74, 6) is 0.827. The minimum absolute atomic E-state index is 0.469. The molecule has 0 spiro atoms. The van der Waals surface area contributed by atoms with Gasteiger partial charge in [-0.25, -0.2) is 4.98 Å². The molecule has 1 N–H and O–H groups in total. The van der Waals surface area contributed by atoms with Crippen LogP contribution in [0.4, 0.5) is 5.69 Å². The third-order valence-corrected chi connectivity index (χ3v) is 6.04. The van der Waals surface area contributed by atoms with Crippen molar-refractivity contribution in [2.75, 3.05) is 5.32 Å². The lowest BCUT2D eigenvalue weighted by atomic mass is 10.1. The van der Waals surface area contributed by atoms with Crippen LogP contribution in [0.5, 0.6) is 5.75 Å². The number of hydrogen-bond acceptors (Lipinski definition) is 4. The molecule has 2 aromatic carbocycles. The largest absolute Gasteiger partial charge is 0.489 e. The van der Waals surface area contributed by atoms with E-state index in [0.717, 1.165) is 35.4 Å². The second-order valence-corrected chi connectivity index (χ2v) is 7.79. The minimum Gasteiger partial charge on any atom is -0.489 e. The van der Waals surface area contributed by atoms with Crippen LogP contribution in [0.3, 0.4) is 0 Å².